The summed E-state index contributed by atoms with van der Waals surface area (Å²) in [7, 11) is 1.71. The molecule has 3 N–H and O–H groups in total. The maximum atomic E-state index is 6.14. The summed E-state index contributed by atoms with van der Waals surface area (Å²) < 4.78 is 5.04. The SMILES string of the molecule is COCCCC(N)c1nc2c(C)cc(C)cc2[nH]1. The number of imidazole rings is 1. The molecule has 4 nitrogen and oxygen atoms in total. The molecule has 0 aliphatic heterocycles. The molecule has 2 rings (SSSR count). The predicted octanol–water partition coefficient (Wildman–Crippen LogP) is 2.61. The summed E-state index contributed by atoms with van der Waals surface area (Å²) in [5.74, 6) is 0.870. The molecule has 98 valence electrons. The van der Waals surface area contributed by atoms with Gasteiger partial charge in [-0.15, -0.1) is 0 Å². The summed E-state index contributed by atoms with van der Waals surface area (Å²) in [4.78, 5) is 7.94. The fourth-order valence-corrected chi connectivity index (χ4v) is 2.25. The Bertz CT molecular complexity index is 533. The highest BCUT2D eigenvalue weighted by Gasteiger charge is 2.12. The first kappa shape index (κ1) is 13.1. The molecule has 1 unspecified atom stereocenters. The molecule has 0 spiro atoms. The molecule has 4 heteroatoms. The molecule has 0 saturated heterocycles. The van der Waals surface area contributed by atoms with Gasteiger partial charge in [-0.2, -0.15) is 0 Å². The molecule has 18 heavy (non-hydrogen) atoms. The summed E-state index contributed by atoms with van der Waals surface area (Å²) in [5, 5.41) is 0. The third-order valence-electron chi connectivity index (χ3n) is 3.15. The lowest BCUT2D eigenvalue weighted by molar-refractivity contribution is 0.190. The van der Waals surface area contributed by atoms with Gasteiger partial charge in [-0.05, 0) is 43.9 Å². The lowest BCUT2D eigenvalue weighted by Crippen LogP contribution is -2.12. The van der Waals surface area contributed by atoms with Crippen molar-refractivity contribution in [2.45, 2.75) is 32.7 Å². The number of nitrogens with one attached hydrogen (secondary N) is 1. The highest BCUT2D eigenvalue weighted by atomic mass is 16.5. The van der Waals surface area contributed by atoms with Crippen LogP contribution < -0.4 is 5.73 Å². The molecule has 0 saturated carbocycles. The monoisotopic (exact) mass is 247 g/mol. The average molecular weight is 247 g/mol. The van der Waals surface area contributed by atoms with Gasteiger partial charge in [0.2, 0.25) is 0 Å². The van der Waals surface area contributed by atoms with Crippen LogP contribution in [0.5, 0.6) is 0 Å². The Hall–Kier alpha value is -1.39. The van der Waals surface area contributed by atoms with Crippen molar-refractivity contribution in [2.75, 3.05) is 13.7 Å². The van der Waals surface area contributed by atoms with Crippen LogP contribution in [0.2, 0.25) is 0 Å². The van der Waals surface area contributed by atoms with Gasteiger partial charge in [-0.3, -0.25) is 0 Å². The van der Waals surface area contributed by atoms with Crippen molar-refractivity contribution in [3.63, 3.8) is 0 Å². The molecule has 0 radical (unpaired) electrons. The second kappa shape index (κ2) is 5.50. The van der Waals surface area contributed by atoms with Crippen molar-refractivity contribution in [1.29, 1.82) is 0 Å². The topological polar surface area (TPSA) is 63.9 Å². The number of aromatic amines is 1. The molecule has 2 aromatic rings. The third kappa shape index (κ3) is 2.71. The van der Waals surface area contributed by atoms with Crippen molar-refractivity contribution in [3.8, 4) is 0 Å². The van der Waals surface area contributed by atoms with Gasteiger partial charge < -0.3 is 15.5 Å². The molecular formula is C14H21N3O. The van der Waals surface area contributed by atoms with Gasteiger partial charge in [0.1, 0.15) is 5.82 Å². The maximum absolute atomic E-state index is 6.14. The number of ether oxygens (including phenoxy) is 1. The van der Waals surface area contributed by atoms with E-state index >= 15 is 0 Å². The van der Waals surface area contributed by atoms with Crippen molar-refractivity contribution < 1.29 is 4.74 Å². The van der Waals surface area contributed by atoms with E-state index < -0.39 is 0 Å². The first-order valence-electron chi connectivity index (χ1n) is 6.33. The van der Waals surface area contributed by atoms with Gasteiger partial charge in [0.15, 0.2) is 0 Å². The third-order valence-corrected chi connectivity index (χ3v) is 3.15. The fraction of sp³-hybridized carbons (Fsp3) is 0.500. The first-order chi connectivity index (χ1) is 8.61. The van der Waals surface area contributed by atoms with E-state index in [0.29, 0.717) is 0 Å². The quantitative estimate of drug-likeness (QED) is 0.798. The van der Waals surface area contributed by atoms with Gasteiger partial charge in [-0.1, -0.05) is 6.07 Å². The number of hydrogen-bond donors (Lipinski definition) is 2. The minimum absolute atomic E-state index is 0.0488. The van der Waals surface area contributed by atoms with Gasteiger partial charge in [-0.25, -0.2) is 4.98 Å². The Kier molecular flexibility index (Phi) is 3.99. The summed E-state index contributed by atoms with van der Waals surface area (Å²) in [6.45, 7) is 4.91. The minimum atomic E-state index is -0.0488. The Balaban J connectivity index is 2.21. The van der Waals surface area contributed by atoms with Crippen LogP contribution in [0.25, 0.3) is 11.0 Å². The lowest BCUT2D eigenvalue weighted by Gasteiger charge is -2.07. The predicted molar refractivity (Wildman–Crippen MR) is 73.6 cm³/mol. The van der Waals surface area contributed by atoms with E-state index in [1.54, 1.807) is 7.11 Å². The smallest absolute Gasteiger partial charge is 0.124 e. The summed E-state index contributed by atoms with van der Waals surface area (Å²) in [5.41, 5.74) is 10.7. The van der Waals surface area contributed by atoms with E-state index in [4.69, 9.17) is 10.5 Å². The molecule has 0 aliphatic rings. The maximum Gasteiger partial charge on any atom is 0.124 e. The summed E-state index contributed by atoms with van der Waals surface area (Å²) in [6.07, 6.45) is 1.83. The molecule has 1 atom stereocenters. The molecule has 1 aromatic carbocycles. The van der Waals surface area contributed by atoms with E-state index in [1.807, 2.05) is 0 Å². The van der Waals surface area contributed by atoms with Gasteiger partial charge in [0.25, 0.3) is 0 Å². The highest BCUT2D eigenvalue weighted by molar-refractivity contribution is 5.79. The second-order valence-corrected chi connectivity index (χ2v) is 4.84. The summed E-state index contributed by atoms with van der Waals surface area (Å²) >= 11 is 0. The molecular weight excluding hydrogens is 226 g/mol. The number of H-pyrrole nitrogens is 1. The lowest BCUT2D eigenvalue weighted by atomic mass is 10.1. The highest BCUT2D eigenvalue weighted by Crippen LogP contribution is 2.21. The van der Waals surface area contributed by atoms with Crippen LogP contribution in [0.3, 0.4) is 0 Å². The van der Waals surface area contributed by atoms with Gasteiger partial charge in [0, 0.05) is 13.7 Å². The van der Waals surface area contributed by atoms with E-state index in [2.05, 4.69) is 35.9 Å². The van der Waals surface area contributed by atoms with Crippen LogP contribution in [0, 0.1) is 13.8 Å². The van der Waals surface area contributed by atoms with Gasteiger partial charge >= 0.3 is 0 Å². The van der Waals surface area contributed by atoms with Crippen LogP contribution in [0.4, 0.5) is 0 Å². The Morgan fingerprint density at radius 1 is 1.39 bits per heavy atom. The number of nitrogens with two attached hydrogens (primary N) is 1. The summed E-state index contributed by atoms with van der Waals surface area (Å²) in [6, 6.07) is 4.21. The molecule has 0 bridgehead atoms. The Labute approximate surface area is 108 Å². The van der Waals surface area contributed by atoms with Crippen LogP contribution in [0.15, 0.2) is 12.1 Å². The number of hydrogen-bond acceptors (Lipinski definition) is 3. The molecule has 0 amide bonds. The van der Waals surface area contributed by atoms with Crippen molar-refractivity contribution in [3.05, 3.63) is 29.1 Å². The minimum Gasteiger partial charge on any atom is -0.385 e. The number of fused-ring (bicyclic) bond motifs is 1. The van der Waals surface area contributed by atoms with E-state index in [9.17, 15) is 0 Å². The molecule has 1 aromatic heterocycles. The number of rotatable bonds is 5. The Morgan fingerprint density at radius 2 is 2.17 bits per heavy atom. The van der Waals surface area contributed by atoms with Crippen LogP contribution in [0.1, 0.15) is 35.8 Å². The van der Waals surface area contributed by atoms with Crippen LogP contribution in [-0.2, 0) is 4.74 Å². The van der Waals surface area contributed by atoms with Crippen LogP contribution in [-0.4, -0.2) is 23.7 Å². The molecule has 0 aliphatic carbocycles. The second-order valence-electron chi connectivity index (χ2n) is 4.84. The van der Waals surface area contributed by atoms with Gasteiger partial charge in [0.05, 0.1) is 17.1 Å². The van der Waals surface area contributed by atoms with E-state index in [1.165, 1.54) is 11.1 Å². The fourth-order valence-electron chi connectivity index (χ4n) is 2.25. The first-order valence-corrected chi connectivity index (χ1v) is 6.33. The number of methoxy groups -OCH3 is 1. The number of aromatic nitrogens is 2. The van der Waals surface area contributed by atoms with E-state index in [-0.39, 0.29) is 6.04 Å². The normalized spacial score (nSPS) is 13.1. The van der Waals surface area contributed by atoms with E-state index in [0.717, 1.165) is 36.3 Å². The standard InChI is InChI=1S/C14H21N3O/c1-9-7-10(2)13-12(8-9)16-14(17-13)11(15)5-4-6-18-3/h7-8,11H,4-6,15H2,1-3H3,(H,16,17). The number of nitrogens with zero attached hydrogens (tertiary/aromatic N) is 1. The number of aryl methyl sites for hydroxylation is 2. The zero-order valence-electron chi connectivity index (χ0n) is 11.3. The zero-order chi connectivity index (χ0) is 13.1. The Morgan fingerprint density at radius 3 is 2.89 bits per heavy atom. The number of benzene rings is 1. The molecule has 0 fully saturated rings. The zero-order valence-corrected chi connectivity index (χ0v) is 11.3. The molecule has 1 heterocycles. The van der Waals surface area contributed by atoms with Crippen molar-refractivity contribution >= 4 is 11.0 Å². The van der Waals surface area contributed by atoms with Crippen molar-refractivity contribution in [1.82, 2.24) is 9.97 Å². The van der Waals surface area contributed by atoms with Crippen molar-refractivity contribution in [2.24, 2.45) is 5.73 Å². The largest absolute Gasteiger partial charge is 0.385 e. The van der Waals surface area contributed by atoms with Crippen LogP contribution >= 0.6 is 0 Å². The average Bonchev–Trinajstić information content (AvgIpc) is 2.73.